The number of methoxy groups -OCH3 is 3. The Hall–Kier alpha value is -1.74. The van der Waals surface area contributed by atoms with Crippen LogP contribution in [0.4, 0.5) is 0 Å². The van der Waals surface area contributed by atoms with Crippen LogP contribution in [0, 0.1) is 0 Å². The lowest BCUT2D eigenvalue weighted by Crippen LogP contribution is -2.35. The zero-order chi connectivity index (χ0) is 24.8. The molecule has 12 heteroatoms. The van der Waals surface area contributed by atoms with E-state index in [0.29, 0.717) is 0 Å². The molecule has 0 saturated heterocycles. The molecule has 0 amide bonds. The largest absolute Gasteiger partial charge is 0.491 e. The summed E-state index contributed by atoms with van der Waals surface area (Å²) in [5.41, 5.74) is 0. The zero-order valence-corrected chi connectivity index (χ0v) is 19.1. The lowest BCUT2D eigenvalue weighted by molar-refractivity contribution is -0.0452. The number of hydrogen-bond acceptors (Lipinski definition) is 12. The third kappa shape index (κ3) is 11.3. The van der Waals surface area contributed by atoms with Crippen LogP contribution >= 0.6 is 0 Å². The van der Waals surface area contributed by atoms with Gasteiger partial charge in [0.1, 0.15) is 73.7 Å². The Kier molecular flexibility index (Phi) is 14.2. The second-order valence-corrected chi connectivity index (χ2v) is 7.34. The zero-order valence-electron chi connectivity index (χ0n) is 19.1. The van der Waals surface area contributed by atoms with Crippen molar-refractivity contribution in [3.63, 3.8) is 0 Å². The average Bonchev–Trinajstić information content (AvgIpc) is 2.79. The summed E-state index contributed by atoms with van der Waals surface area (Å²) >= 11 is 0. The molecule has 12 nitrogen and oxygen atoms in total. The average molecular weight is 481 g/mol. The number of hydrogen-bond donors (Lipinski definition) is 6. The maximum absolute atomic E-state index is 9.96. The van der Waals surface area contributed by atoms with Crippen LogP contribution < -0.4 is 14.2 Å². The maximum Gasteiger partial charge on any atom is 0.126 e. The summed E-state index contributed by atoms with van der Waals surface area (Å²) in [5.74, 6) is 0.597. The van der Waals surface area contributed by atoms with Gasteiger partial charge in [-0.2, -0.15) is 0 Å². The molecule has 6 N–H and O–H groups in total. The molecule has 0 spiro atoms. The van der Waals surface area contributed by atoms with Crippen molar-refractivity contribution < 1.29 is 59.1 Å². The van der Waals surface area contributed by atoms with Crippen molar-refractivity contribution in [2.24, 2.45) is 0 Å². The van der Waals surface area contributed by atoms with Crippen LogP contribution in [0.15, 0.2) is 18.2 Å². The Morgan fingerprint density at radius 1 is 0.455 bits per heavy atom. The van der Waals surface area contributed by atoms with Crippen molar-refractivity contribution in [3.8, 4) is 17.2 Å². The first-order valence-corrected chi connectivity index (χ1v) is 10.3. The monoisotopic (exact) mass is 480 g/mol. The van der Waals surface area contributed by atoms with Crippen molar-refractivity contribution in [3.05, 3.63) is 18.2 Å². The Balaban J connectivity index is 2.88. The minimum absolute atomic E-state index is 0.0780. The van der Waals surface area contributed by atoms with Crippen molar-refractivity contribution >= 4 is 0 Å². The number of ether oxygens (including phenoxy) is 6. The van der Waals surface area contributed by atoms with Crippen LogP contribution in [-0.2, 0) is 14.2 Å². The van der Waals surface area contributed by atoms with Crippen molar-refractivity contribution in [1.29, 1.82) is 0 Å². The summed E-state index contributed by atoms with van der Waals surface area (Å²) < 4.78 is 30.9. The smallest absolute Gasteiger partial charge is 0.126 e. The quantitative estimate of drug-likeness (QED) is 0.135. The Bertz CT molecular complexity index is 548. The van der Waals surface area contributed by atoms with Crippen molar-refractivity contribution in [2.75, 3.05) is 61.0 Å². The summed E-state index contributed by atoms with van der Waals surface area (Å²) in [4.78, 5) is 0. The predicted molar refractivity (Wildman–Crippen MR) is 115 cm³/mol. The standard InChI is InChI=1S/C21H36O12/c1-28-7-16(22)19(25)10-31-13-4-14(32-11-20(26)17(23)8-29-2)6-15(5-13)33-12-21(27)18(24)9-30-3/h4-6,16-27H,7-12H2,1-3H3. The Morgan fingerprint density at radius 2 is 0.667 bits per heavy atom. The van der Waals surface area contributed by atoms with E-state index in [2.05, 4.69) is 0 Å². The molecule has 33 heavy (non-hydrogen) atoms. The highest BCUT2D eigenvalue weighted by Crippen LogP contribution is 2.28. The molecule has 192 valence electrons. The van der Waals surface area contributed by atoms with E-state index in [9.17, 15) is 30.6 Å². The maximum atomic E-state index is 9.96. The van der Waals surface area contributed by atoms with Crippen LogP contribution in [0.5, 0.6) is 17.2 Å². The van der Waals surface area contributed by atoms with Gasteiger partial charge in [0, 0.05) is 39.5 Å². The van der Waals surface area contributed by atoms with Gasteiger partial charge >= 0.3 is 0 Å². The molecule has 0 aliphatic heterocycles. The topological polar surface area (TPSA) is 177 Å². The van der Waals surface area contributed by atoms with E-state index in [4.69, 9.17) is 28.4 Å². The van der Waals surface area contributed by atoms with Crippen LogP contribution in [0.25, 0.3) is 0 Å². The molecule has 0 aliphatic rings. The lowest BCUT2D eigenvalue weighted by atomic mass is 10.2. The third-order valence-electron chi connectivity index (χ3n) is 4.46. The van der Waals surface area contributed by atoms with E-state index in [1.54, 1.807) is 0 Å². The molecule has 0 saturated carbocycles. The van der Waals surface area contributed by atoms with Gasteiger partial charge in [-0.3, -0.25) is 0 Å². The fourth-order valence-corrected chi connectivity index (χ4v) is 2.52. The Morgan fingerprint density at radius 3 is 0.879 bits per heavy atom. The van der Waals surface area contributed by atoms with Gasteiger partial charge in [0.05, 0.1) is 19.8 Å². The third-order valence-corrected chi connectivity index (χ3v) is 4.46. The highest BCUT2D eigenvalue weighted by atomic mass is 16.5. The second-order valence-electron chi connectivity index (χ2n) is 7.34. The summed E-state index contributed by atoms with van der Waals surface area (Å²) in [6.45, 7) is -1.03. The highest BCUT2D eigenvalue weighted by Gasteiger charge is 2.20. The molecule has 0 fully saturated rings. The fourth-order valence-electron chi connectivity index (χ4n) is 2.52. The molecule has 1 rings (SSSR count). The lowest BCUT2D eigenvalue weighted by Gasteiger charge is -2.21. The molecule has 0 heterocycles. The molecule has 1 aromatic carbocycles. The van der Waals surface area contributed by atoms with E-state index < -0.39 is 36.6 Å². The van der Waals surface area contributed by atoms with Crippen molar-refractivity contribution in [1.82, 2.24) is 0 Å². The Labute approximate surface area is 192 Å². The number of benzene rings is 1. The van der Waals surface area contributed by atoms with Gasteiger partial charge in [-0.1, -0.05) is 0 Å². The van der Waals surface area contributed by atoms with Gasteiger partial charge < -0.3 is 59.1 Å². The highest BCUT2D eigenvalue weighted by molar-refractivity contribution is 5.42. The van der Waals surface area contributed by atoms with Gasteiger partial charge in [-0.05, 0) is 0 Å². The minimum Gasteiger partial charge on any atom is -0.491 e. The molecule has 6 unspecified atom stereocenters. The van der Waals surface area contributed by atoms with Gasteiger partial charge in [0.25, 0.3) is 0 Å². The summed E-state index contributed by atoms with van der Waals surface area (Å²) in [7, 11) is 4.16. The molecular weight excluding hydrogens is 444 g/mol. The van der Waals surface area contributed by atoms with E-state index in [1.807, 2.05) is 0 Å². The molecule has 0 aromatic heterocycles. The summed E-state index contributed by atoms with van der Waals surface area (Å²) in [5, 5.41) is 59.2. The minimum atomic E-state index is -1.23. The van der Waals surface area contributed by atoms with Crippen LogP contribution in [0.2, 0.25) is 0 Å². The molecule has 1 aromatic rings. The second kappa shape index (κ2) is 16.0. The van der Waals surface area contributed by atoms with E-state index in [0.717, 1.165) is 0 Å². The number of aliphatic hydroxyl groups is 6. The molecule has 0 bridgehead atoms. The fraction of sp³-hybridized carbons (Fsp3) is 0.714. The summed E-state index contributed by atoms with van der Waals surface area (Å²) in [6.07, 6.45) is -7.14. The predicted octanol–water partition coefficient (Wildman–Crippen LogP) is -2.07. The molecule has 0 radical (unpaired) electrons. The van der Waals surface area contributed by atoms with Gasteiger partial charge in [-0.15, -0.1) is 0 Å². The molecule has 0 aliphatic carbocycles. The first-order chi connectivity index (χ1) is 15.7. The summed E-state index contributed by atoms with van der Waals surface area (Å²) in [6, 6.07) is 4.36. The van der Waals surface area contributed by atoms with Gasteiger partial charge in [-0.25, -0.2) is 0 Å². The van der Waals surface area contributed by atoms with Gasteiger partial charge in [0.2, 0.25) is 0 Å². The molecule has 6 atom stereocenters. The van der Waals surface area contributed by atoms with Crippen molar-refractivity contribution in [2.45, 2.75) is 36.6 Å². The van der Waals surface area contributed by atoms with Crippen LogP contribution in [0.1, 0.15) is 0 Å². The van der Waals surface area contributed by atoms with Gasteiger partial charge in [0.15, 0.2) is 0 Å². The number of rotatable bonds is 18. The van der Waals surface area contributed by atoms with Crippen LogP contribution in [0.3, 0.4) is 0 Å². The van der Waals surface area contributed by atoms with E-state index in [-0.39, 0.29) is 56.9 Å². The van der Waals surface area contributed by atoms with E-state index in [1.165, 1.54) is 39.5 Å². The van der Waals surface area contributed by atoms with Crippen LogP contribution in [-0.4, -0.2) is 128 Å². The van der Waals surface area contributed by atoms with E-state index >= 15 is 0 Å². The molecular formula is C21H36O12. The first kappa shape index (κ1) is 29.3. The first-order valence-electron chi connectivity index (χ1n) is 10.3. The normalized spacial score (nSPS) is 17.0. The number of aliphatic hydroxyl groups excluding tert-OH is 6. The SMILES string of the molecule is COCC(O)C(O)COc1cc(OCC(O)C(O)COC)cc(OCC(O)C(O)COC)c1.